The standard InChI is InChI=1S/C25H32N4O8/c26-10-11-35-16-8-5-14(6-9-16)4-7-15-2-1-3-17-20(15)24(28-29(17)12-19(27)31)37-25-23(34)22(33)21(32)18(13-30)36-25/h1-3,5-6,8-9,18,21-23,25,30,32-34H,4,7,10-13,26H2,(H2,27,31)/t18-,21-,22+,23-,25+/m1/s1. The number of rotatable bonds is 11. The first kappa shape index (κ1) is 26.8. The highest BCUT2D eigenvalue weighted by Crippen LogP contribution is 2.32. The maximum Gasteiger partial charge on any atom is 0.243 e. The molecule has 12 nitrogen and oxygen atoms in total. The lowest BCUT2D eigenvalue weighted by Crippen LogP contribution is -2.60. The number of aryl methyl sites for hydroxylation is 2. The number of benzene rings is 2. The minimum Gasteiger partial charge on any atom is -0.492 e. The Labute approximate surface area is 213 Å². The van der Waals surface area contributed by atoms with Crippen LogP contribution in [-0.4, -0.2) is 86.6 Å². The molecule has 0 bridgehead atoms. The maximum atomic E-state index is 11.7. The molecule has 1 fully saturated rings. The first-order valence-corrected chi connectivity index (χ1v) is 12.0. The highest BCUT2D eigenvalue weighted by Gasteiger charge is 2.45. The van der Waals surface area contributed by atoms with Crippen LogP contribution in [0.25, 0.3) is 10.9 Å². The van der Waals surface area contributed by atoms with Gasteiger partial charge in [-0.3, -0.25) is 9.48 Å². The molecule has 200 valence electrons. The molecule has 0 saturated carbocycles. The SMILES string of the molecule is NCCOc1ccc(CCc2cccc3c2c(O[C@@H]2O[C@H](CO)[C@@H](O)[C@H](O)[C@H]2O)nn3CC(N)=O)cc1. The van der Waals surface area contributed by atoms with Crippen LogP contribution in [0.1, 0.15) is 11.1 Å². The molecule has 5 atom stereocenters. The summed E-state index contributed by atoms with van der Waals surface area (Å²) in [6.45, 7) is 0.0712. The summed E-state index contributed by atoms with van der Waals surface area (Å²) in [7, 11) is 0. The lowest BCUT2D eigenvalue weighted by molar-refractivity contribution is -0.278. The van der Waals surface area contributed by atoms with E-state index in [2.05, 4.69) is 5.10 Å². The average molecular weight is 517 g/mol. The number of ether oxygens (including phenoxy) is 3. The van der Waals surface area contributed by atoms with Gasteiger partial charge in [0.15, 0.2) is 0 Å². The topological polar surface area (TPSA) is 196 Å². The molecule has 0 unspecified atom stereocenters. The molecule has 2 aromatic carbocycles. The zero-order valence-electron chi connectivity index (χ0n) is 20.1. The monoisotopic (exact) mass is 516 g/mol. The van der Waals surface area contributed by atoms with Crippen LogP contribution in [0.3, 0.4) is 0 Å². The molecule has 1 aliphatic rings. The van der Waals surface area contributed by atoms with E-state index in [1.807, 2.05) is 36.4 Å². The number of primary amides is 1. The fraction of sp³-hybridized carbons (Fsp3) is 0.440. The number of aliphatic hydroxyl groups is 4. The second kappa shape index (κ2) is 11.9. The van der Waals surface area contributed by atoms with Gasteiger partial charge in [0.05, 0.1) is 17.5 Å². The molecule has 37 heavy (non-hydrogen) atoms. The molecular formula is C25H32N4O8. The van der Waals surface area contributed by atoms with E-state index in [0.29, 0.717) is 36.9 Å². The summed E-state index contributed by atoms with van der Waals surface area (Å²) < 4.78 is 18.3. The molecule has 8 N–H and O–H groups in total. The van der Waals surface area contributed by atoms with Crippen molar-refractivity contribution in [2.24, 2.45) is 11.5 Å². The molecule has 1 saturated heterocycles. The van der Waals surface area contributed by atoms with Crippen LogP contribution in [0.4, 0.5) is 0 Å². The Kier molecular flexibility index (Phi) is 8.59. The van der Waals surface area contributed by atoms with Crippen LogP contribution in [0, 0.1) is 0 Å². The molecular weight excluding hydrogens is 484 g/mol. The molecule has 2 heterocycles. The van der Waals surface area contributed by atoms with Crippen LogP contribution in [0.5, 0.6) is 11.6 Å². The highest BCUT2D eigenvalue weighted by molar-refractivity contribution is 5.89. The Bertz CT molecular complexity index is 1200. The van der Waals surface area contributed by atoms with Gasteiger partial charge in [-0.1, -0.05) is 24.3 Å². The fourth-order valence-electron chi connectivity index (χ4n) is 4.30. The number of hydrogen-bond donors (Lipinski definition) is 6. The molecule has 1 amide bonds. The number of carbonyl (C=O) groups is 1. The molecule has 0 aliphatic carbocycles. The third-order valence-corrected chi connectivity index (χ3v) is 6.21. The molecule has 1 aliphatic heterocycles. The fourth-order valence-corrected chi connectivity index (χ4v) is 4.30. The van der Waals surface area contributed by atoms with Gasteiger partial charge in [0.25, 0.3) is 0 Å². The average Bonchev–Trinajstić information content (AvgIpc) is 3.24. The lowest BCUT2D eigenvalue weighted by atomic mass is 9.99. The highest BCUT2D eigenvalue weighted by atomic mass is 16.7. The zero-order valence-corrected chi connectivity index (χ0v) is 20.1. The first-order valence-electron chi connectivity index (χ1n) is 12.0. The number of nitrogens with two attached hydrogens (primary N) is 2. The van der Waals surface area contributed by atoms with Gasteiger partial charge in [-0.2, -0.15) is 0 Å². The number of nitrogens with zero attached hydrogens (tertiary/aromatic N) is 2. The maximum absolute atomic E-state index is 11.7. The van der Waals surface area contributed by atoms with E-state index in [4.69, 9.17) is 25.7 Å². The van der Waals surface area contributed by atoms with Crippen molar-refractivity contribution in [1.82, 2.24) is 9.78 Å². The van der Waals surface area contributed by atoms with Crippen LogP contribution >= 0.6 is 0 Å². The van der Waals surface area contributed by atoms with Gasteiger partial charge in [-0.25, -0.2) is 0 Å². The van der Waals surface area contributed by atoms with Gasteiger partial charge in [0.2, 0.25) is 18.1 Å². The van der Waals surface area contributed by atoms with Crippen molar-refractivity contribution in [1.29, 1.82) is 0 Å². The number of aromatic nitrogens is 2. The van der Waals surface area contributed by atoms with E-state index in [-0.39, 0.29) is 12.4 Å². The summed E-state index contributed by atoms with van der Waals surface area (Å²) >= 11 is 0. The van der Waals surface area contributed by atoms with E-state index in [1.165, 1.54) is 4.68 Å². The second-order valence-electron chi connectivity index (χ2n) is 8.84. The van der Waals surface area contributed by atoms with Crippen molar-refractivity contribution in [2.45, 2.75) is 50.1 Å². The number of amides is 1. The Morgan fingerprint density at radius 2 is 1.81 bits per heavy atom. The minimum atomic E-state index is -1.61. The van der Waals surface area contributed by atoms with Gasteiger partial charge in [0.1, 0.15) is 43.3 Å². The number of aliphatic hydroxyl groups excluding tert-OH is 4. The van der Waals surface area contributed by atoms with Crippen molar-refractivity contribution in [2.75, 3.05) is 19.8 Å². The number of fused-ring (bicyclic) bond motifs is 1. The third-order valence-electron chi connectivity index (χ3n) is 6.21. The predicted molar refractivity (Wildman–Crippen MR) is 132 cm³/mol. The van der Waals surface area contributed by atoms with E-state index in [9.17, 15) is 25.2 Å². The van der Waals surface area contributed by atoms with Gasteiger partial charge in [-0.15, -0.1) is 5.10 Å². The summed E-state index contributed by atoms with van der Waals surface area (Å²) in [4.78, 5) is 11.7. The molecule has 4 rings (SSSR count). The summed E-state index contributed by atoms with van der Waals surface area (Å²) in [5.74, 6) is 0.187. The Morgan fingerprint density at radius 1 is 1.05 bits per heavy atom. The predicted octanol–water partition coefficient (Wildman–Crippen LogP) is -1.18. The second-order valence-corrected chi connectivity index (χ2v) is 8.84. The normalized spacial score (nSPS) is 23.8. The summed E-state index contributed by atoms with van der Waals surface area (Å²) in [6, 6.07) is 13.2. The molecule has 0 radical (unpaired) electrons. The van der Waals surface area contributed by atoms with Crippen LogP contribution < -0.4 is 20.9 Å². The Balaban J connectivity index is 1.62. The van der Waals surface area contributed by atoms with Gasteiger partial charge >= 0.3 is 0 Å². The van der Waals surface area contributed by atoms with Crippen molar-refractivity contribution in [3.05, 3.63) is 53.6 Å². The summed E-state index contributed by atoms with van der Waals surface area (Å²) in [6.07, 6.45) is -6.03. The van der Waals surface area contributed by atoms with E-state index in [0.717, 1.165) is 16.9 Å². The molecule has 0 spiro atoms. The minimum absolute atomic E-state index is 0.0571. The van der Waals surface area contributed by atoms with Crippen LogP contribution in [0.2, 0.25) is 0 Å². The summed E-state index contributed by atoms with van der Waals surface area (Å²) in [5.41, 5.74) is 13.4. The number of hydrogen-bond acceptors (Lipinski definition) is 10. The van der Waals surface area contributed by atoms with Gasteiger partial charge in [-0.05, 0) is 42.2 Å². The largest absolute Gasteiger partial charge is 0.492 e. The van der Waals surface area contributed by atoms with E-state index in [1.54, 1.807) is 6.07 Å². The Hall–Kier alpha value is -3.26. The smallest absolute Gasteiger partial charge is 0.243 e. The van der Waals surface area contributed by atoms with Crippen molar-refractivity contribution >= 4 is 16.8 Å². The van der Waals surface area contributed by atoms with Gasteiger partial charge < -0.3 is 46.1 Å². The van der Waals surface area contributed by atoms with E-state index >= 15 is 0 Å². The van der Waals surface area contributed by atoms with Crippen molar-refractivity contribution in [3.8, 4) is 11.6 Å². The Morgan fingerprint density at radius 3 is 2.49 bits per heavy atom. The van der Waals surface area contributed by atoms with Crippen molar-refractivity contribution in [3.63, 3.8) is 0 Å². The third kappa shape index (κ3) is 6.01. The first-order chi connectivity index (χ1) is 17.8. The molecule has 12 heteroatoms. The molecule has 3 aromatic rings. The molecule has 1 aromatic heterocycles. The zero-order chi connectivity index (χ0) is 26.5. The van der Waals surface area contributed by atoms with Crippen LogP contribution in [0.15, 0.2) is 42.5 Å². The van der Waals surface area contributed by atoms with E-state index < -0.39 is 43.2 Å². The summed E-state index contributed by atoms with van der Waals surface area (Å²) in [5, 5.41) is 45.1. The van der Waals surface area contributed by atoms with Crippen LogP contribution in [-0.2, 0) is 28.9 Å². The van der Waals surface area contributed by atoms with Crippen molar-refractivity contribution < 1.29 is 39.4 Å². The quantitative estimate of drug-likeness (QED) is 0.181. The van der Waals surface area contributed by atoms with Gasteiger partial charge in [0, 0.05) is 6.54 Å². The number of carbonyl (C=O) groups excluding carboxylic acids is 1. The lowest BCUT2D eigenvalue weighted by Gasteiger charge is -2.39.